The van der Waals surface area contributed by atoms with Gasteiger partial charge in [-0.2, -0.15) is 5.10 Å². The molecular formula is C22H25N3O4. The number of carbonyl (C=O) groups is 1. The third kappa shape index (κ3) is 5.28. The minimum absolute atomic E-state index is 0.0602. The molecule has 1 heterocycles. The summed E-state index contributed by atoms with van der Waals surface area (Å²) in [6, 6.07) is 13.4. The maximum absolute atomic E-state index is 12.4. The van der Waals surface area contributed by atoms with Crippen molar-refractivity contribution in [1.82, 2.24) is 9.78 Å². The summed E-state index contributed by atoms with van der Waals surface area (Å²) in [4.78, 5) is 12.4. The lowest BCUT2D eigenvalue weighted by Gasteiger charge is -2.14. The molecule has 0 fully saturated rings. The summed E-state index contributed by atoms with van der Waals surface area (Å²) in [7, 11) is 4.71. The van der Waals surface area contributed by atoms with Crippen molar-refractivity contribution in [1.29, 1.82) is 0 Å². The molecule has 0 bridgehead atoms. The molecule has 7 heteroatoms. The molecule has 0 aliphatic rings. The lowest BCUT2D eigenvalue weighted by Crippen LogP contribution is -2.13. The number of amides is 1. The van der Waals surface area contributed by atoms with Gasteiger partial charge >= 0.3 is 0 Å². The van der Waals surface area contributed by atoms with Crippen LogP contribution in [-0.2, 0) is 17.8 Å². The second kappa shape index (κ2) is 9.64. The van der Waals surface area contributed by atoms with Crippen molar-refractivity contribution in [2.45, 2.75) is 19.4 Å². The fraction of sp³-hybridized carbons (Fsp3) is 0.273. The molecule has 1 amide bonds. The van der Waals surface area contributed by atoms with Crippen LogP contribution < -0.4 is 19.5 Å². The zero-order valence-electron chi connectivity index (χ0n) is 16.8. The summed E-state index contributed by atoms with van der Waals surface area (Å²) in [6.45, 7) is 0.655. The fourth-order valence-electron chi connectivity index (χ4n) is 3.09. The Balaban J connectivity index is 1.61. The van der Waals surface area contributed by atoms with Crippen molar-refractivity contribution < 1.29 is 19.0 Å². The van der Waals surface area contributed by atoms with E-state index in [0.29, 0.717) is 36.6 Å². The van der Waals surface area contributed by atoms with Gasteiger partial charge in [0.25, 0.3) is 0 Å². The number of methoxy groups -OCH3 is 3. The molecule has 1 N–H and O–H groups in total. The van der Waals surface area contributed by atoms with Crippen LogP contribution in [0.15, 0.2) is 54.9 Å². The summed E-state index contributed by atoms with van der Waals surface area (Å²) in [5.74, 6) is 1.63. The van der Waals surface area contributed by atoms with Gasteiger partial charge in [-0.05, 0) is 47.9 Å². The van der Waals surface area contributed by atoms with E-state index < -0.39 is 0 Å². The lowest BCUT2D eigenvalue weighted by molar-refractivity contribution is -0.116. The topological polar surface area (TPSA) is 74.6 Å². The maximum Gasteiger partial charge on any atom is 0.224 e. The SMILES string of the molecule is COc1cc(CCC(=O)Nc2cccc(Cn3cccn3)c2)cc(OC)c1OC. The van der Waals surface area contributed by atoms with Crippen LogP contribution in [0.1, 0.15) is 17.5 Å². The number of ether oxygens (including phenoxy) is 3. The molecule has 7 nitrogen and oxygen atoms in total. The van der Waals surface area contributed by atoms with Crippen molar-refractivity contribution in [3.05, 3.63) is 66.0 Å². The molecule has 3 rings (SSSR count). The molecule has 0 unspecified atom stereocenters. The van der Waals surface area contributed by atoms with E-state index in [1.165, 1.54) is 0 Å². The highest BCUT2D eigenvalue weighted by Crippen LogP contribution is 2.38. The number of hydrogen-bond acceptors (Lipinski definition) is 5. The van der Waals surface area contributed by atoms with Crippen LogP contribution in [0, 0.1) is 0 Å². The summed E-state index contributed by atoms with van der Waals surface area (Å²) >= 11 is 0. The fourth-order valence-corrected chi connectivity index (χ4v) is 3.09. The number of benzene rings is 2. The van der Waals surface area contributed by atoms with Crippen LogP contribution in [0.4, 0.5) is 5.69 Å². The molecule has 0 saturated carbocycles. The Labute approximate surface area is 170 Å². The van der Waals surface area contributed by atoms with Gasteiger partial charge in [0.2, 0.25) is 11.7 Å². The van der Waals surface area contributed by atoms with Crippen LogP contribution >= 0.6 is 0 Å². The first kappa shape index (κ1) is 20.3. The molecular weight excluding hydrogens is 370 g/mol. The Bertz CT molecular complexity index is 929. The summed E-state index contributed by atoms with van der Waals surface area (Å²) < 4.78 is 17.9. The molecule has 0 aliphatic heterocycles. The zero-order valence-corrected chi connectivity index (χ0v) is 16.8. The standard InChI is InChI=1S/C22H25N3O4/c1-27-19-13-16(14-20(28-2)22(19)29-3)8-9-21(26)24-18-7-4-6-17(12-18)15-25-11-5-10-23-25/h4-7,10-14H,8-9,15H2,1-3H3,(H,24,26). The number of aromatic nitrogens is 2. The second-order valence-corrected chi connectivity index (χ2v) is 6.49. The molecule has 29 heavy (non-hydrogen) atoms. The predicted octanol–water partition coefficient (Wildman–Crippen LogP) is 3.53. The quantitative estimate of drug-likeness (QED) is 0.600. The van der Waals surface area contributed by atoms with Crippen LogP contribution in [0.5, 0.6) is 17.2 Å². The number of anilines is 1. The van der Waals surface area contributed by atoms with E-state index in [2.05, 4.69) is 10.4 Å². The minimum Gasteiger partial charge on any atom is -0.493 e. The highest BCUT2D eigenvalue weighted by Gasteiger charge is 2.14. The van der Waals surface area contributed by atoms with Gasteiger partial charge in [0.15, 0.2) is 11.5 Å². The van der Waals surface area contributed by atoms with Gasteiger partial charge in [0.1, 0.15) is 0 Å². The van der Waals surface area contributed by atoms with Crippen molar-refractivity contribution in [2.24, 2.45) is 0 Å². The first-order valence-electron chi connectivity index (χ1n) is 9.28. The minimum atomic E-state index is -0.0602. The molecule has 2 aromatic carbocycles. The van der Waals surface area contributed by atoms with E-state index in [0.717, 1.165) is 16.8 Å². The van der Waals surface area contributed by atoms with Crippen LogP contribution in [-0.4, -0.2) is 37.0 Å². The average Bonchev–Trinajstić information content (AvgIpc) is 3.24. The van der Waals surface area contributed by atoms with E-state index in [9.17, 15) is 4.79 Å². The molecule has 0 aliphatic carbocycles. The first-order chi connectivity index (χ1) is 14.1. The Morgan fingerprint density at radius 1 is 1.00 bits per heavy atom. The summed E-state index contributed by atoms with van der Waals surface area (Å²) in [5, 5.41) is 7.16. The van der Waals surface area contributed by atoms with Gasteiger partial charge < -0.3 is 19.5 Å². The lowest BCUT2D eigenvalue weighted by atomic mass is 10.1. The summed E-state index contributed by atoms with van der Waals surface area (Å²) in [5.41, 5.74) is 2.77. The largest absolute Gasteiger partial charge is 0.493 e. The number of rotatable bonds is 9. The van der Waals surface area contributed by atoms with Crippen molar-refractivity contribution in [3.8, 4) is 17.2 Å². The second-order valence-electron chi connectivity index (χ2n) is 6.49. The van der Waals surface area contributed by atoms with E-state index in [1.807, 2.05) is 53.3 Å². The predicted molar refractivity (Wildman–Crippen MR) is 111 cm³/mol. The van der Waals surface area contributed by atoms with Crippen LogP contribution in [0.2, 0.25) is 0 Å². The van der Waals surface area contributed by atoms with Gasteiger partial charge in [-0.25, -0.2) is 0 Å². The smallest absolute Gasteiger partial charge is 0.224 e. The van der Waals surface area contributed by atoms with Crippen LogP contribution in [0.3, 0.4) is 0 Å². The molecule has 0 spiro atoms. The van der Waals surface area contributed by atoms with Gasteiger partial charge in [0, 0.05) is 24.5 Å². The average molecular weight is 395 g/mol. The zero-order chi connectivity index (χ0) is 20.6. The molecule has 1 aromatic heterocycles. The number of hydrogen-bond donors (Lipinski definition) is 1. The van der Waals surface area contributed by atoms with Gasteiger partial charge in [-0.15, -0.1) is 0 Å². The maximum atomic E-state index is 12.4. The number of aryl methyl sites for hydroxylation is 1. The van der Waals surface area contributed by atoms with Gasteiger partial charge in [-0.3, -0.25) is 9.48 Å². The number of nitrogens with one attached hydrogen (secondary N) is 1. The Kier molecular flexibility index (Phi) is 6.73. The molecule has 3 aromatic rings. The summed E-state index contributed by atoms with van der Waals surface area (Å²) in [6.07, 6.45) is 4.54. The Hall–Kier alpha value is -3.48. The first-order valence-corrected chi connectivity index (χ1v) is 9.28. The molecule has 0 atom stereocenters. The van der Waals surface area contributed by atoms with Crippen molar-refractivity contribution in [2.75, 3.05) is 26.6 Å². The van der Waals surface area contributed by atoms with E-state index >= 15 is 0 Å². The molecule has 0 radical (unpaired) electrons. The highest BCUT2D eigenvalue weighted by molar-refractivity contribution is 5.90. The van der Waals surface area contributed by atoms with Crippen molar-refractivity contribution >= 4 is 11.6 Å². The van der Waals surface area contributed by atoms with Crippen molar-refractivity contribution in [3.63, 3.8) is 0 Å². The molecule has 0 saturated heterocycles. The van der Waals surface area contributed by atoms with E-state index in [-0.39, 0.29) is 5.91 Å². The monoisotopic (exact) mass is 395 g/mol. The van der Waals surface area contributed by atoms with Crippen LogP contribution in [0.25, 0.3) is 0 Å². The normalized spacial score (nSPS) is 10.4. The third-order valence-electron chi connectivity index (χ3n) is 4.48. The highest BCUT2D eigenvalue weighted by atomic mass is 16.5. The van der Waals surface area contributed by atoms with E-state index in [1.54, 1.807) is 27.5 Å². The number of nitrogens with zero attached hydrogens (tertiary/aromatic N) is 2. The Morgan fingerprint density at radius 3 is 2.38 bits per heavy atom. The molecule has 152 valence electrons. The Morgan fingerprint density at radius 2 is 1.76 bits per heavy atom. The third-order valence-corrected chi connectivity index (χ3v) is 4.48. The van der Waals surface area contributed by atoms with Gasteiger partial charge in [0.05, 0.1) is 27.9 Å². The number of carbonyl (C=O) groups excluding carboxylic acids is 1. The van der Waals surface area contributed by atoms with E-state index in [4.69, 9.17) is 14.2 Å². The van der Waals surface area contributed by atoms with Gasteiger partial charge in [-0.1, -0.05) is 12.1 Å².